The van der Waals surface area contributed by atoms with Crippen molar-refractivity contribution in [3.63, 3.8) is 0 Å². The van der Waals surface area contributed by atoms with Gasteiger partial charge in [-0.1, -0.05) is 0 Å². The molecule has 0 radical (unpaired) electrons. The largest absolute Gasteiger partial charge is 0.417 e. The third-order valence-corrected chi connectivity index (χ3v) is 4.98. The van der Waals surface area contributed by atoms with Gasteiger partial charge in [0.2, 0.25) is 10.0 Å². The van der Waals surface area contributed by atoms with Gasteiger partial charge in [0.1, 0.15) is 5.82 Å². The number of hydrogen-bond acceptors (Lipinski definition) is 3. The lowest BCUT2D eigenvalue weighted by molar-refractivity contribution is -0.140. The van der Waals surface area contributed by atoms with E-state index in [9.17, 15) is 26.0 Å². The number of hydrogen-bond donors (Lipinski definition) is 1. The lowest BCUT2D eigenvalue weighted by Crippen LogP contribution is -2.33. The summed E-state index contributed by atoms with van der Waals surface area (Å²) in [5.74, 6) is -1.14. The summed E-state index contributed by atoms with van der Waals surface area (Å²) >= 11 is 0. The fourth-order valence-corrected chi connectivity index (χ4v) is 3.76. The first-order chi connectivity index (χ1) is 9.12. The molecule has 10 heteroatoms. The van der Waals surface area contributed by atoms with Crippen LogP contribution in [0.3, 0.4) is 0 Å². The van der Waals surface area contributed by atoms with Crippen LogP contribution in [-0.4, -0.2) is 31.9 Å². The molecule has 1 atom stereocenters. The van der Waals surface area contributed by atoms with Gasteiger partial charge in [-0.3, -0.25) is 0 Å². The molecule has 0 aliphatic carbocycles. The number of sulfonamides is 1. The topological polar surface area (TPSA) is 63.4 Å². The van der Waals surface area contributed by atoms with Gasteiger partial charge >= 0.3 is 6.18 Å². The van der Waals surface area contributed by atoms with E-state index in [0.29, 0.717) is 18.6 Å². The standard InChI is InChI=1S/C11H12F4N2O2S.ClH/c12-7-1-2-10(9(5-7)11(13,14)15)20(18,19)17-4-3-8(16)6-17;/h1-2,5,8H,3-4,6,16H2;1H/t8-;/m1./s1. The van der Waals surface area contributed by atoms with Crippen LogP contribution >= 0.6 is 12.4 Å². The number of nitrogens with two attached hydrogens (primary N) is 1. The molecule has 0 aromatic heterocycles. The van der Waals surface area contributed by atoms with Gasteiger partial charge in [-0.25, -0.2) is 12.8 Å². The smallest absolute Gasteiger partial charge is 0.326 e. The highest BCUT2D eigenvalue weighted by Gasteiger charge is 2.40. The molecule has 120 valence electrons. The number of alkyl halides is 3. The first kappa shape index (κ1) is 18.1. The Labute approximate surface area is 125 Å². The molecular weight excluding hydrogens is 336 g/mol. The van der Waals surface area contributed by atoms with Crippen LogP contribution in [0.5, 0.6) is 0 Å². The normalized spacial score (nSPS) is 20.3. The van der Waals surface area contributed by atoms with Crippen molar-refractivity contribution < 1.29 is 26.0 Å². The van der Waals surface area contributed by atoms with E-state index in [4.69, 9.17) is 5.73 Å². The molecule has 1 aromatic rings. The molecule has 0 spiro atoms. The highest BCUT2D eigenvalue weighted by molar-refractivity contribution is 7.89. The van der Waals surface area contributed by atoms with Crippen molar-refractivity contribution in [1.82, 2.24) is 4.31 Å². The maximum Gasteiger partial charge on any atom is 0.417 e. The van der Waals surface area contributed by atoms with Crippen LogP contribution in [0.15, 0.2) is 23.1 Å². The summed E-state index contributed by atoms with van der Waals surface area (Å²) in [4.78, 5) is -0.944. The molecule has 2 N–H and O–H groups in total. The molecule has 0 unspecified atom stereocenters. The van der Waals surface area contributed by atoms with E-state index in [1.165, 1.54) is 0 Å². The Balaban J connectivity index is 0.00000220. The fraction of sp³-hybridized carbons (Fsp3) is 0.455. The van der Waals surface area contributed by atoms with Crippen molar-refractivity contribution in [1.29, 1.82) is 0 Å². The summed E-state index contributed by atoms with van der Waals surface area (Å²) in [6.45, 7) is 0.00911. The second kappa shape index (κ2) is 6.07. The molecule has 0 bridgehead atoms. The lowest BCUT2D eigenvalue weighted by Gasteiger charge is -2.19. The van der Waals surface area contributed by atoms with E-state index in [2.05, 4.69) is 0 Å². The van der Waals surface area contributed by atoms with E-state index < -0.39 is 38.5 Å². The lowest BCUT2D eigenvalue weighted by atomic mass is 10.2. The molecule has 21 heavy (non-hydrogen) atoms. The van der Waals surface area contributed by atoms with Crippen molar-refractivity contribution in [3.05, 3.63) is 29.6 Å². The van der Waals surface area contributed by atoms with Crippen LogP contribution in [0.2, 0.25) is 0 Å². The predicted molar refractivity (Wildman–Crippen MR) is 70.0 cm³/mol. The van der Waals surface area contributed by atoms with Gasteiger partial charge < -0.3 is 5.73 Å². The molecule has 1 fully saturated rings. The molecule has 2 rings (SSSR count). The van der Waals surface area contributed by atoms with Crippen LogP contribution in [0.1, 0.15) is 12.0 Å². The first-order valence-electron chi connectivity index (χ1n) is 5.75. The minimum atomic E-state index is -4.95. The van der Waals surface area contributed by atoms with Gasteiger partial charge in [-0.05, 0) is 24.6 Å². The van der Waals surface area contributed by atoms with Crippen molar-refractivity contribution in [2.45, 2.75) is 23.5 Å². The van der Waals surface area contributed by atoms with E-state index in [1.807, 2.05) is 0 Å². The monoisotopic (exact) mass is 348 g/mol. The van der Waals surface area contributed by atoms with Gasteiger partial charge in [0.05, 0.1) is 10.5 Å². The Morgan fingerprint density at radius 3 is 2.38 bits per heavy atom. The Hall–Kier alpha value is -0.900. The predicted octanol–water partition coefficient (Wildman–Crippen LogP) is 1.99. The minimum absolute atomic E-state index is 0. The molecule has 4 nitrogen and oxygen atoms in total. The number of rotatable bonds is 2. The summed E-state index contributed by atoms with van der Waals surface area (Å²) in [6, 6.07) is 1.11. The summed E-state index contributed by atoms with van der Waals surface area (Å²) < 4.78 is 76.8. The highest BCUT2D eigenvalue weighted by atomic mass is 35.5. The Morgan fingerprint density at radius 1 is 1.29 bits per heavy atom. The first-order valence-corrected chi connectivity index (χ1v) is 7.19. The number of nitrogens with zero attached hydrogens (tertiary/aromatic N) is 1. The van der Waals surface area contributed by atoms with Crippen LogP contribution in [-0.2, 0) is 16.2 Å². The maximum absolute atomic E-state index is 13.0. The van der Waals surface area contributed by atoms with E-state index >= 15 is 0 Å². The molecular formula is C11H13ClF4N2O2S. The quantitative estimate of drug-likeness (QED) is 0.831. The number of halogens is 5. The van der Waals surface area contributed by atoms with Crippen molar-refractivity contribution in [2.24, 2.45) is 5.73 Å². The van der Waals surface area contributed by atoms with E-state index in [0.717, 1.165) is 4.31 Å². The van der Waals surface area contributed by atoms with Crippen LogP contribution in [0.4, 0.5) is 17.6 Å². The SMILES string of the molecule is Cl.N[C@@H]1CCN(S(=O)(=O)c2ccc(F)cc2C(F)(F)F)C1. The molecule has 1 heterocycles. The zero-order valence-electron chi connectivity index (χ0n) is 10.6. The molecule has 1 saturated heterocycles. The van der Waals surface area contributed by atoms with Crippen LogP contribution in [0, 0.1) is 5.82 Å². The van der Waals surface area contributed by atoms with Gasteiger partial charge in [-0.15, -0.1) is 12.4 Å². The third-order valence-electron chi connectivity index (χ3n) is 3.05. The Bertz CT molecular complexity index is 621. The Kier molecular flexibility index (Phi) is 5.25. The average Bonchev–Trinajstić information content (AvgIpc) is 2.75. The minimum Gasteiger partial charge on any atom is -0.326 e. The maximum atomic E-state index is 13.0. The molecule has 0 saturated carbocycles. The summed E-state index contributed by atoms with van der Waals surface area (Å²) in [6.07, 6.45) is -4.58. The van der Waals surface area contributed by atoms with E-state index in [1.54, 1.807) is 0 Å². The average molecular weight is 349 g/mol. The van der Waals surface area contributed by atoms with E-state index in [-0.39, 0.29) is 31.6 Å². The Morgan fingerprint density at radius 2 is 1.90 bits per heavy atom. The number of benzene rings is 1. The third kappa shape index (κ3) is 3.65. The van der Waals surface area contributed by atoms with Crippen LogP contribution < -0.4 is 5.73 Å². The second-order valence-corrected chi connectivity index (χ2v) is 6.46. The van der Waals surface area contributed by atoms with Gasteiger partial charge in [0.15, 0.2) is 0 Å². The molecule has 1 aromatic carbocycles. The molecule has 1 aliphatic heterocycles. The summed E-state index contributed by atoms with van der Waals surface area (Å²) in [7, 11) is -4.34. The van der Waals surface area contributed by atoms with Crippen LogP contribution in [0.25, 0.3) is 0 Å². The zero-order valence-corrected chi connectivity index (χ0v) is 12.2. The molecule has 0 amide bonds. The fourth-order valence-electron chi connectivity index (χ4n) is 2.06. The van der Waals surface area contributed by atoms with Gasteiger partial charge in [-0.2, -0.15) is 17.5 Å². The van der Waals surface area contributed by atoms with Gasteiger partial charge in [0.25, 0.3) is 0 Å². The van der Waals surface area contributed by atoms with Gasteiger partial charge in [0, 0.05) is 19.1 Å². The van der Waals surface area contributed by atoms with Crippen molar-refractivity contribution >= 4 is 22.4 Å². The molecule has 1 aliphatic rings. The van der Waals surface area contributed by atoms with Crippen molar-refractivity contribution in [3.8, 4) is 0 Å². The zero-order chi connectivity index (χ0) is 15.1. The highest BCUT2D eigenvalue weighted by Crippen LogP contribution is 2.36. The van der Waals surface area contributed by atoms with Crippen molar-refractivity contribution in [2.75, 3.05) is 13.1 Å². The second-order valence-electron chi connectivity index (χ2n) is 4.55. The summed E-state index contributed by atoms with van der Waals surface area (Å²) in [5.41, 5.74) is 4.06. The summed E-state index contributed by atoms with van der Waals surface area (Å²) in [5, 5.41) is 0.